The Morgan fingerprint density at radius 1 is 0.897 bits per heavy atom. The number of ether oxygens (including phenoxy) is 1. The van der Waals surface area contributed by atoms with Gasteiger partial charge in [0.25, 0.3) is 11.8 Å². The summed E-state index contributed by atoms with van der Waals surface area (Å²) in [6.07, 6.45) is 4.69. The highest BCUT2D eigenvalue weighted by molar-refractivity contribution is 6.05. The molecule has 0 aliphatic carbocycles. The lowest BCUT2D eigenvalue weighted by molar-refractivity contribution is 0.0600. The predicted molar refractivity (Wildman–Crippen MR) is 105 cm³/mol. The van der Waals surface area contributed by atoms with E-state index in [9.17, 15) is 14.4 Å². The molecule has 0 aliphatic heterocycles. The average molecular weight is 390 g/mol. The van der Waals surface area contributed by atoms with Crippen molar-refractivity contribution in [3.63, 3.8) is 0 Å². The van der Waals surface area contributed by atoms with Crippen LogP contribution in [-0.2, 0) is 11.3 Å². The molecule has 1 aromatic carbocycles. The molecule has 0 aliphatic rings. The number of carbonyl (C=O) groups excluding carboxylic acids is 3. The predicted octanol–water partition coefficient (Wildman–Crippen LogP) is 2.45. The van der Waals surface area contributed by atoms with Gasteiger partial charge in [0.15, 0.2) is 0 Å². The van der Waals surface area contributed by atoms with Crippen molar-refractivity contribution in [3.05, 3.63) is 89.5 Å². The molecule has 3 rings (SSSR count). The number of pyridine rings is 2. The van der Waals surface area contributed by atoms with Crippen LogP contribution in [0.4, 0.5) is 5.69 Å². The van der Waals surface area contributed by atoms with Crippen molar-refractivity contribution in [1.29, 1.82) is 0 Å². The summed E-state index contributed by atoms with van der Waals surface area (Å²) in [7, 11) is 1.30. The maximum absolute atomic E-state index is 12.4. The number of benzene rings is 1. The Labute approximate surface area is 167 Å². The van der Waals surface area contributed by atoms with Gasteiger partial charge in [-0.15, -0.1) is 0 Å². The van der Waals surface area contributed by atoms with Gasteiger partial charge in [0.1, 0.15) is 5.69 Å². The van der Waals surface area contributed by atoms with Crippen molar-refractivity contribution in [2.45, 2.75) is 6.54 Å². The molecule has 0 unspecified atom stereocenters. The topological polar surface area (TPSA) is 110 Å². The minimum atomic E-state index is -0.473. The van der Waals surface area contributed by atoms with E-state index in [-0.39, 0.29) is 11.6 Å². The average Bonchev–Trinajstić information content (AvgIpc) is 2.78. The molecule has 29 heavy (non-hydrogen) atoms. The molecular weight excluding hydrogens is 372 g/mol. The molecule has 0 spiro atoms. The van der Waals surface area contributed by atoms with E-state index in [0.717, 1.165) is 5.56 Å². The second-order valence-corrected chi connectivity index (χ2v) is 5.99. The van der Waals surface area contributed by atoms with Crippen molar-refractivity contribution in [3.8, 4) is 0 Å². The van der Waals surface area contributed by atoms with Gasteiger partial charge in [0.05, 0.1) is 12.7 Å². The van der Waals surface area contributed by atoms with Crippen LogP contribution in [0.5, 0.6) is 0 Å². The highest BCUT2D eigenvalue weighted by Gasteiger charge is 2.13. The van der Waals surface area contributed by atoms with Gasteiger partial charge in [-0.2, -0.15) is 0 Å². The zero-order chi connectivity index (χ0) is 20.6. The van der Waals surface area contributed by atoms with E-state index in [4.69, 9.17) is 0 Å². The fraction of sp³-hybridized carbons (Fsp3) is 0.0952. The van der Waals surface area contributed by atoms with Gasteiger partial charge in [-0.1, -0.05) is 0 Å². The van der Waals surface area contributed by atoms with E-state index in [1.807, 2.05) is 0 Å². The molecule has 2 aromatic heterocycles. The number of hydrogen-bond donors (Lipinski definition) is 2. The van der Waals surface area contributed by atoms with E-state index >= 15 is 0 Å². The van der Waals surface area contributed by atoms with Crippen LogP contribution >= 0.6 is 0 Å². The number of nitrogens with one attached hydrogen (secondary N) is 2. The normalized spacial score (nSPS) is 10.1. The zero-order valence-corrected chi connectivity index (χ0v) is 15.6. The molecule has 0 saturated heterocycles. The molecule has 0 bridgehead atoms. The monoisotopic (exact) mass is 390 g/mol. The molecule has 0 saturated carbocycles. The molecule has 0 fully saturated rings. The Bertz CT molecular complexity index is 1020. The van der Waals surface area contributed by atoms with Crippen LogP contribution in [0.25, 0.3) is 0 Å². The number of anilines is 1. The summed E-state index contributed by atoms with van der Waals surface area (Å²) in [6.45, 7) is 0.345. The van der Waals surface area contributed by atoms with Gasteiger partial charge < -0.3 is 15.4 Å². The first-order valence-electron chi connectivity index (χ1n) is 8.69. The molecule has 0 atom stereocenters. The van der Waals surface area contributed by atoms with Gasteiger partial charge in [0, 0.05) is 36.4 Å². The number of hydrogen-bond acceptors (Lipinski definition) is 6. The Kier molecular flexibility index (Phi) is 6.26. The van der Waals surface area contributed by atoms with Crippen LogP contribution in [-0.4, -0.2) is 34.9 Å². The fourth-order valence-electron chi connectivity index (χ4n) is 2.48. The highest BCUT2D eigenvalue weighted by Crippen LogP contribution is 2.12. The number of aromatic nitrogens is 2. The van der Waals surface area contributed by atoms with Gasteiger partial charge in [-0.25, -0.2) is 4.79 Å². The maximum atomic E-state index is 12.4. The largest absolute Gasteiger partial charge is 0.465 e. The van der Waals surface area contributed by atoms with E-state index in [0.29, 0.717) is 23.4 Å². The minimum absolute atomic E-state index is 0.0959. The van der Waals surface area contributed by atoms with Crippen molar-refractivity contribution >= 4 is 23.5 Å². The smallest absolute Gasteiger partial charge is 0.337 e. The molecule has 2 amide bonds. The van der Waals surface area contributed by atoms with Crippen LogP contribution in [0, 0.1) is 0 Å². The van der Waals surface area contributed by atoms with E-state index in [1.165, 1.54) is 37.6 Å². The number of amides is 2. The van der Waals surface area contributed by atoms with Crippen molar-refractivity contribution < 1.29 is 19.1 Å². The third kappa shape index (κ3) is 5.23. The van der Waals surface area contributed by atoms with E-state index < -0.39 is 11.9 Å². The number of methoxy groups -OCH3 is 1. The van der Waals surface area contributed by atoms with Crippen LogP contribution in [0.2, 0.25) is 0 Å². The second-order valence-electron chi connectivity index (χ2n) is 5.99. The number of esters is 1. The molecular formula is C21H18N4O4. The van der Waals surface area contributed by atoms with Crippen LogP contribution in [0.1, 0.15) is 36.8 Å². The third-order valence-electron chi connectivity index (χ3n) is 4.02. The molecule has 2 heterocycles. The summed E-state index contributed by atoms with van der Waals surface area (Å²) in [6, 6.07) is 12.8. The molecule has 0 radical (unpaired) electrons. The SMILES string of the molecule is COC(=O)c1ccc(NC(=O)c2cc(C(=O)NCc3ccncc3)ccn2)cc1. The second kappa shape index (κ2) is 9.23. The summed E-state index contributed by atoms with van der Waals surface area (Å²) in [5.41, 5.74) is 2.18. The van der Waals surface area contributed by atoms with Gasteiger partial charge in [-0.3, -0.25) is 19.6 Å². The first-order chi connectivity index (χ1) is 14.1. The molecule has 8 heteroatoms. The van der Waals surface area contributed by atoms with Crippen LogP contribution in [0.15, 0.2) is 67.1 Å². The summed E-state index contributed by atoms with van der Waals surface area (Å²) in [5, 5.41) is 5.46. The van der Waals surface area contributed by atoms with Gasteiger partial charge >= 0.3 is 5.97 Å². The summed E-state index contributed by atoms with van der Waals surface area (Å²) >= 11 is 0. The fourth-order valence-corrected chi connectivity index (χ4v) is 2.48. The summed E-state index contributed by atoms with van der Waals surface area (Å²) in [5.74, 6) is -1.25. The number of nitrogens with zero attached hydrogens (tertiary/aromatic N) is 2. The third-order valence-corrected chi connectivity index (χ3v) is 4.02. The number of rotatable bonds is 6. The van der Waals surface area contributed by atoms with Gasteiger partial charge in [0.2, 0.25) is 0 Å². The van der Waals surface area contributed by atoms with Crippen molar-refractivity contribution in [1.82, 2.24) is 15.3 Å². The quantitative estimate of drug-likeness (QED) is 0.626. The first kappa shape index (κ1) is 19.7. The van der Waals surface area contributed by atoms with Crippen molar-refractivity contribution in [2.75, 3.05) is 12.4 Å². The highest BCUT2D eigenvalue weighted by atomic mass is 16.5. The Balaban J connectivity index is 1.64. The van der Waals surface area contributed by atoms with Crippen LogP contribution < -0.4 is 10.6 Å². The van der Waals surface area contributed by atoms with E-state index in [2.05, 4.69) is 25.3 Å². The lowest BCUT2D eigenvalue weighted by Crippen LogP contribution is -2.23. The summed E-state index contributed by atoms with van der Waals surface area (Å²) in [4.78, 5) is 44.2. The maximum Gasteiger partial charge on any atom is 0.337 e. The minimum Gasteiger partial charge on any atom is -0.465 e. The van der Waals surface area contributed by atoms with Crippen LogP contribution in [0.3, 0.4) is 0 Å². The number of carbonyl (C=O) groups is 3. The van der Waals surface area contributed by atoms with Crippen molar-refractivity contribution in [2.24, 2.45) is 0 Å². The zero-order valence-electron chi connectivity index (χ0n) is 15.6. The van der Waals surface area contributed by atoms with Gasteiger partial charge in [-0.05, 0) is 54.1 Å². The van der Waals surface area contributed by atoms with E-state index in [1.54, 1.807) is 36.7 Å². The Morgan fingerprint density at radius 3 is 2.31 bits per heavy atom. The molecule has 2 N–H and O–H groups in total. The summed E-state index contributed by atoms with van der Waals surface area (Å²) < 4.78 is 4.63. The first-order valence-corrected chi connectivity index (χ1v) is 8.69. The molecule has 8 nitrogen and oxygen atoms in total. The Morgan fingerprint density at radius 2 is 1.62 bits per heavy atom. The Hall–Kier alpha value is -4.07. The molecule has 3 aromatic rings. The lowest BCUT2D eigenvalue weighted by atomic mass is 10.2. The standard InChI is InChI=1S/C21H18N4O4/c1-29-21(28)15-2-4-17(5-3-15)25-20(27)18-12-16(8-11-23-18)19(26)24-13-14-6-9-22-10-7-14/h2-12H,13H2,1H3,(H,24,26)(H,25,27). The lowest BCUT2D eigenvalue weighted by Gasteiger charge is -2.08. The molecule has 146 valence electrons.